The van der Waals surface area contributed by atoms with Crippen LogP contribution >= 0.6 is 0 Å². The van der Waals surface area contributed by atoms with Crippen LogP contribution in [0, 0.1) is 0 Å². The molecule has 0 spiro atoms. The van der Waals surface area contributed by atoms with Crippen LogP contribution in [0.2, 0.25) is 0 Å². The fourth-order valence-electron chi connectivity index (χ4n) is 2.80. The Kier molecular flexibility index (Phi) is 3.50. The highest BCUT2D eigenvalue weighted by atomic mass is 16.5. The van der Waals surface area contributed by atoms with Gasteiger partial charge in [0.05, 0.1) is 18.2 Å². The zero-order valence-electron chi connectivity index (χ0n) is 10.4. The highest BCUT2D eigenvalue weighted by Crippen LogP contribution is 2.21. The lowest BCUT2D eigenvalue weighted by atomic mass is 9.99. The van der Waals surface area contributed by atoms with Crippen molar-refractivity contribution in [3.63, 3.8) is 0 Å². The van der Waals surface area contributed by atoms with Gasteiger partial charge in [-0.3, -0.25) is 4.79 Å². The molecule has 92 valence electrons. The van der Waals surface area contributed by atoms with Crippen LogP contribution < -0.4 is 5.32 Å². The number of likely N-dealkylation sites (N-methyl/N-ethyl adjacent to an activating group) is 1. The topological polar surface area (TPSA) is 41.6 Å². The normalized spacial score (nSPS) is 40.4. The van der Waals surface area contributed by atoms with Gasteiger partial charge >= 0.3 is 0 Å². The maximum absolute atomic E-state index is 11.8. The molecule has 2 aliphatic heterocycles. The van der Waals surface area contributed by atoms with Gasteiger partial charge in [-0.1, -0.05) is 0 Å². The third-order valence-corrected chi connectivity index (χ3v) is 3.56. The van der Waals surface area contributed by atoms with E-state index < -0.39 is 0 Å². The summed E-state index contributed by atoms with van der Waals surface area (Å²) in [6, 6.07) is 0.465. The third-order valence-electron chi connectivity index (χ3n) is 3.56. The second kappa shape index (κ2) is 4.72. The van der Waals surface area contributed by atoms with E-state index in [9.17, 15) is 4.79 Å². The summed E-state index contributed by atoms with van der Waals surface area (Å²) in [5.41, 5.74) is 0. The molecule has 0 aliphatic carbocycles. The number of hydrogen-bond donors (Lipinski definition) is 1. The van der Waals surface area contributed by atoms with Gasteiger partial charge in [0.1, 0.15) is 0 Å². The van der Waals surface area contributed by atoms with Crippen molar-refractivity contribution in [2.24, 2.45) is 0 Å². The average molecular weight is 226 g/mol. The summed E-state index contributed by atoms with van der Waals surface area (Å²) >= 11 is 0. The molecule has 2 fully saturated rings. The van der Waals surface area contributed by atoms with Crippen LogP contribution in [0.4, 0.5) is 0 Å². The van der Waals surface area contributed by atoms with Gasteiger partial charge in [0.2, 0.25) is 5.91 Å². The monoisotopic (exact) mass is 226 g/mol. The molecule has 0 aromatic rings. The van der Waals surface area contributed by atoms with E-state index in [1.165, 1.54) is 0 Å². The van der Waals surface area contributed by atoms with Crippen molar-refractivity contribution in [1.82, 2.24) is 10.2 Å². The number of nitrogens with one attached hydrogen (secondary N) is 1. The molecule has 16 heavy (non-hydrogen) atoms. The molecule has 0 radical (unpaired) electrons. The van der Waals surface area contributed by atoms with Gasteiger partial charge in [-0.15, -0.1) is 0 Å². The molecule has 0 aromatic carbocycles. The molecule has 1 N–H and O–H groups in total. The van der Waals surface area contributed by atoms with Gasteiger partial charge in [0.15, 0.2) is 0 Å². The molecule has 3 atom stereocenters. The molecule has 3 unspecified atom stereocenters. The van der Waals surface area contributed by atoms with E-state index in [0.717, 1.165) is 25.8 Å². The van der Waals surface area contributed by atoms with Crippen LogP contribution in [0.25, 0.3) is 0 Å². The minimum Gasteiger partial charge on any atom is -0.375 e. The summed E-state index contributed by atoms with van der Waals surface area (Å²) in [4.78, 5) is 13.6. The van der Waals surface area contributed by atoms with Gasteiger partial charge in [0, 0.05) is 19.6 Å². The molecule has 0 aromatic heterocycles. The predicted octanol–water partition coefficient (Wildman–Crippen LogP) is 0.763. The molecule has 2 rings (SSSR count). The van der Waals surface area contributed by atoms with Crippen molar-refractivity contribution >= 4 is 5.91 Å². The number of amides is 1. The Balaban J connectivity index is 1.87. The average Bonchev–Trinajstić information content (AvgIpc) is 2.48. The van der Waals surface area contributed by atoms with E-state index in [0.29, 0.717) is 18.2 Å². The number of carbonyl (C=O) groups excluding carboxylic acids is 1. The van der Waals surface area contributed by atoms with Crippen molar-refractivity contribution in [1.29, 1.82) is 0 Å². The van der Waals surface area contributed by atoms with E-state index in [1.54, 1.807) is 0 Å². The molecule has 1 amide bonds. The van der Waals surface area contributed by atoms with Crippen molar-refractivity contribution in [2.45, 2.75) is 57.4 Å². The first-order chi connectivity index (χ1) is 7.56. The molecular formula is C12H22N2O2. The van der Waals surface area contributed by atoms with Gasteiger partial charge in [-0.2, -0.15) is 0 Å². The number of carbonyl (C=O) groups is 1. The highest BCUT2D eigenvalue weighted by Gasteiger charge is 2.33. The lowest BCUT2D eigenvalue weighted by molar-refractivity contribution is -0.128. The first-order valence-corrected chi connectivity index (χ1v) is 6.22. The first kappa shape index (κ1) is 11.9. The summed E-state index contributed by atoms with van der Waals surface area (Å²) in [7, 11) is 1.87. The third kappa shape index (κ3) is 2.55. The quantitative estimate of drug-likeness (QED) is 0.756. The summed E-state index contributed by atoms with van der Waals surface area (Å²) in [5, 5.41) is 3.49. The summed E-state index contributed by atoms with van der Waals surface area (Å²) < 4.78 is 5.69. The maximum Gasteiger partial charge on any atom is 0.239 e. The smallest absolute Gasteiger partial charge is 0.239 e. The molecule has 2 heterocycles. The van der Waals surface area contributed by atoms with E-state index in [4.69, 9.17) is 4.74 Å². The first-order valence-electron chi connectivity index (χ1n) is 6.22. The number of rotatable bonds is 2. The Bertz CT molecular complexity index is 260. The molecule has 4 nitrogen and oxygen atoms in total. The molecule has 0 bridgehead atoms. The molecule has 2 aliphatic rings. The summed E-state index contributed by atoms with van der Waals surface area (Å²) in [6.07, 6.45) is 3.57. The Morgan fingerprint density at radius 3 is 2.44 bits per heavy atom. The number of hydrogen-bond acceptors (Lipinski definition) is 3. The Labute approximate surface area is 97.3 Å². The zero-order valence-corrected chi connectivity index (χ0v) is 10.4. The minimum atomic E-state index is 0.0347. The van der Waals surface area contributed by atoms with Crippen LogP contribution in [-0.2, 0) is 9.53 Å². The summed E-state index contributed by atoms with van der Waals surface area (Å²) in [6.45, 7) is 5.09. The Morgan fingerprint density at radius 2 is 1.94 bits per heavy atom. The van der Waals surface area contributed by atoms with Crippen molar-refractivity contribution in [3.05, 3.63) is 0 Å². The lowest BCUT2D eigenvalue weighted by Gasteiger charge is -2.33. The van der Waals surface area contributed by atoms with Crippen molar-refractivity contribution in [2.75, 3.05) is 13.6 Å². The molecule has 4 heteroatoms. The van der Waals surface area contributed by atoms with E-state index in [2.05, 4.69) is 19.2 Å². The number of nitrogens with zero attached hydrogens (tertiary/aromatic N) is 1. The minimum absolute atomic E-state index is 0.0347. The zero-order chi connectivity index (χ0) is 11.7. The number of ether oxygens (including phenoxy) is 1. The van der Waals surface area contributed by atoms with Crippen molar-refractivity contribution < 1.29 is 9.53 Å². The van der Waals surface area contributed by atoms with Gasteiger partial charge in [-0.25, -0.2) is 0 Å². The maximum atomic E-state index is 11.8. The van der Waals surface area contributed by atoms with E-state index in [-0.39, 0.29) is 11.9 Å². The van der Waals surface area contributed by atoms with E-state index in [1.807, 2.05) is 11.9 Å². The van der Waals surface area contributed by atoms with Gasteiger partial charge in [0.25, 0.3) is 0 Å². The second-order valence-corrected chi connectivity index (χ2v) is 5.19. The largest absolute Gasteiger partial charge is 0.375 e. The van der Waals surface area contributed by atoms with Crippen LogP contribution in [0.5, 0.6) is 0 Å². The molecule has 0 saturated carbocycles. The fourth-order valence-corrected chi connectivity index (χ4v) is 2.80. The van der Waals surface area contributed by atoms with Crippen LogP contribution in [0.3, 0.4) is 0 Å². The van der Waals surface area contributed by atoms with E-state index >= 15 is 0 Å². The molecular weight excluding hydrogens is 204 g/mol. The van der Waals surface area contributed by atoms with Gasteiger partial charge in [-0.05, 0) is 33.1 Å². The fraction of sp³-hybridized carbons (Fsp3) is 0.917. The SMILES string of the molecule is CC1CC(NC2CCN(C)C2=O)CC(C)O1. The van der Waals surface area contributed by atoms with Crippen molar-refractivity contribution in [3.8, 4) is 0 Å². The molecule has 2 saturated heterocycles. The number of likely N-dealkylation sites (tertiary alicyclic amines) is 1. The summed E-state index contributed by atoms with van der Waals surface area (Å²) in [5.74, 6) is 0.242. The second-order valence-electron chi connectivity index (χ2n) is 5.19. The van der Waals surface area contributed by atoms with Crippen LogP contribution in [0.15, 0.2) is 0 Å². The van der Waals surface area contributed by atoms with Crippen LogP contribution in [0.1, 0.15) is 33.1 Å². The van der Waals surface area contributed by atoms with Crippen LogP contribution in [-0.4, -0.2) is 48.7 Å². The Morgan fingerprint density at radius 1 is 1.31 bits per heavy atom. The Hall–Kier alpha value is -0.610. The standard InChI is InChI=1S/C12H22N2O2/c1-8-6-10(7-9(2)16-8)13-11-4-5-14(3)12(11)15/h8-11,13H,4-7H2,1-3H3. The lowest BCUT2D eigenvalue weighted by Crippen LogP contribution is -2.48. The van der Waals surface area contributed by atoms with Gasteiger partial charge < -0.3 is 15.0 Å². The highest BCUT2D eigenvalue weighted by molar-refractivity contribution is 5.83. The predicted molar refractivity (Wildman–Crippen MR) is 62.2 cm³/mol.